The molecule has 28 heavy (non-hydrogen) atoms. The summed E-state index contributed by atoms with van der Waals surface area (Å²) in [6.45, 7) is 6.70. The minimum atomic E-state index is -2.71. The minimum Gasteiger partial charge on any atom is -0.533 e. The van der Waals surface area contributed by atoms with Gasteiger partial charge in [-0.05, 0) is 33.1 Å². The first-order chi connectivity index (χ1) is 13.4. The second-order valence-electron chi connectivity index (χ2n) is 8.16. The summed E-state index contributed by atoms with van der Waals surface area (Å²) in [6, 6.07) is 22.6. The number of hydrogen-bond donors (Lipinski definition) is 0. The van der Waals surface area contributed by atoms with E-state index in [0.717, 1.165) is 17.4 Å². The summed E-state index contributed by atoms with van der Waals surface area (Å²) in [6.07, 6.45) is 0.863. The Labute approximate surface area is 167 Å². The van der Waals surface area contributed by atoms with Gasteiger partial charge in [0.15, 0.2) is 6.29 Å². The van der Waals surface area contributed by atoms with Crippen LogP contribution in [-0.4, -0.2) is 21.7 Å². The molecule has 4 rings (SSSR count). The molecule has 0 aromatic heterocycles. The van der Waals surface area contributed by atoms with Crippen LogP contribution in [0.5, 0.6) is 11.5 Å². The minimum absolute atomic E-state index is 0.137. The number of carbonyl (C=O) groups excluding carboxylic acids is 1. The van der Waals surface area contributed by atoms with Crippen molar-refractivity contribution >= 4 is 25.0 Å². The van der Waals surface area contributed by atoms with Crippen LogP contribution < -0.4 is 19.5 Å². The van der Waals surface area contributed by atoms with Gasteiger partial charge in [0.2, 0.25) is 0 Å². The number of fused-ring (bicyclic) bond motifs is 3. The fourth-order valence-electron chi connectivity index (χ4n) is 4.25. The van der Waals surface area contributed by atoms with Gasteiger partial charge in [-0.2, -0.15) is 0 Å². The predicted octanol–water partition coefficient (Wildman–Crippen LogP) is 4.43. The lowest BCUT2D eigenvalue weighted by Crippen LogP contribution is -2.70. The number of carbonyl (C=O) groups is 1. The number of benzene rings is 3. The number of ether oxygens (including phenoxy) is 1. The molecule has 0 spiro atoms. The van der Waals surface area contributed by atoms with Crippen molar-refractivity contribution in [2.24, 2.45) is 0 Å². The average Bonchev–Trinajstić information content (AvgIpc) is 2.72. The molecular formula is C24H24O3Si. The van der Waals surface area contributed by atoms with E-state index in [2.05, 4.69) is 63.2 Å². The lowest BCUT2D eigenvalue weighted by molar-refractivity contribution is 0.112. The first-order valence-electron chi connectivity index (χ1n) is 9.44. The quantitative estimate of drug-likeness (QED) is 0.492. The monoisotopic (exact) mass is 388 g/mol. The van der Waals surface area contributed by atoms with E-state index >= 15 is 0 Å². The number of hydrogen-bond acceptors (Lipinski definition) is 3. The second-order valence-corrected chi connectivity index (χ2v) is 12.3. The Hall–Kier alpha value is -2.85. The van der Waals surface area contributed by atoms with Gasteiger partial charge in [-0.1, -0.05) is 75.4 Å². The van der Waals surface area contributed by atoms with E-state index in [1.54, 1.807) is 13.2 Å². The van der Waals surface area contributed by atoms with Gasteiger partial charge in [0.1, 0.15) is 11.5 Å². The van der Waals surface area contributed by atoms with Gasteiger partial charge in [0, 0.05) is 5.56 Å². The summed E-state index contributed by atoms with van der Waals surface area (Å²) in [5.41, 5.74) is 2.57. The standard InChI is InChI=1S/C24H24O3Si/c1-24(2,3)28(19-10-6-5-7-11-19)22-13-9-8-12-20(22)21-15-18(26-4)14-17(16-25)23(21)27-28/h5-16H,1-4H3. The van der Waals surface area contributed by atoms with E-state index in [1.165, 1.54) is 10.4 Å². The Morgan fingerprint density at radius 3 is 2.25 bits per heavy atom. The summed E-state index contributed by atoms with van der Waals surface area (Å²) in [5, 5.41) is 2.29. The highest BCUT2D eigenvalue weighted by Crippen LogP contribution is 2.47. The van der Waals surface area contributed by atoms with Gasteiger partial charge >= 0.3 is 8.32 Å². The maximum absolute atomic E-state index is 11.9. The number of methoxy groups -OCH3 is 1. The van der Waals surface area contributed by atoms with E-state index in [9.17, 15) is 4.79 Å². The van der Waals surface area contributed by atoms with Crippen LogP contribution in [0.15, 0.2) is 66.7 Å². The van der Waals surface area contributed by atoms with E-state index in [-0.39, 0.29) is 5.04 Å². The van der Waals surface area contributed by atoms with Crippen LogP contribution in [-0.2, 0) is 0 Å². The van der Waals surface area contributed by atoms with Crippen molar-refractivity contribution in [2.75, 3.05) is 7.11 Å². The van der Waals surface area contributed by atoms with Gasteiger partial charge in [0.25, 0.3) is 0 Å². The molecule has 1 heterocycles. The summed E-state index contributed by atoms with van der Waals surface area (Å²) >= 11 is 0. The lowest BCUT2D eigenvalue weighted by Gasteiger charge is -2.46. The van der Waals surface area contributed by atoms with E-state index in [0.29, 0.717) is 17.1 Å². The van der Waals surface area contributed by atoms with E-state index < -0.39 is 8.32 Å². The zero-order chi connectivity index (χ0) is 19.9. The van der Waals surface area contributed by atoms with Crippen molar-refractivity contribution in [2.45, 2.75) is 25.8 Å². The van der Waals surface area contributed by atoms with Gasteiger partial charge in [-0.25, -0.2) is 0 Å². The van der Waals surface area contributed by atoms with Crippen molar-refractivity contribution in [1.82, 2.24) is 0 Å². The van der Waals surface area contributed by atoms with Crippen molar-refractivity contribution in [3.05, 3.63) is 72.3 Å². The molecular weight excluding hydrogens is 364 g/mol. The molecule has 142 valence electrons. The molecule has 0 N–H and O–H groups in total. The zero-order valence-electron chi connectivity index (χ0n) is 16.7. The fourth-order valence-corrected chi connectivity index (χ4v) is 8.90. The third kappa shape index (κ3) is 2.59. The number of aldehydes is 1. The van der Waals surface area contributed by atoms with Crippen molar-refractivity contribution in [3.63, 3.8) is 0 Å². The fraction of sp³-hybridized carbons (Fsp3) is 0.208. The summed E-state index contributed by atoms with van der Waals surface area (Å²) in [7, 11) is -1.09. The Bertz CT molecular complexity index is 1040. The molecule has 0 radical (unpaired) electrons. The molecule has 3 nitrogen and oxygen atoms in total. The van der Waals surface area contributed by atoms with Gasteiger partial charge in [0.05, 0.1) is 12.7 Å². The highest BCUT2D eigenvalue weighted by Gasteiger charge is 2.55. The molecule has 1 unspecified atom stereocenters. The smallest absolute Gasteiger partial charge is 0.320 e. The van der Waals surface area contributed by atoms with Crippen LogP contribution in [0.4, 0.5) is 0 Å². The van der Waals surface area contributed by atoms with Gasteiger partial charge in [-0.15, -0.1) is 0 Å². The van der Waals surface area contributed by atoms with Crippen LogP contribution in [0.2, 0.25) is 5.04 Å². The topological polar surface area (TPSA) is 35.5 Å². The summed E-state index contributed by atoms with van der Waals surface area (Å²) < 4.78 is 12.4. The largest absolute Gasteiger partial charge is 0.533 e. The third-order valence-corrected chi connectivity index (χ3v) is 10.5. The maximum Gasteiger partial charge on any atom is 0.320 e. The van der Waals surface area contributed by atoms with Crippen LogP contribution >= 0.6 is 0 Å². The van der Waals surface area contributed by atoms with Gasteiger partial charge < -0.3 is 9.16 Å². The molecule has 1 atom stereocenters. The Kier molecular flexibility index (Phi) is 4.39. The highest BCUT2D eigenvalue weighted by molar-refractivity contribution is 7.01. The molecule has 1 aliphatic heterocycles. The SMILES string of the molecule is COc1cc(C=O)c2c(c1)-c1ccccc1[Si](c1ccccc1)(C(C)(C)C)O2. The molecule has 0 aliphatic carbocycles. The number of rotatable bonds is 3. The zero-order valence-corrected chi connectivity index (χ0v) is 17.7. The van der Waals surface area contributed by atoms with Crippen LogP contribution in [0, 0.1) is 0 Å². The average molecular weight is 389 g/mol. The molecule has 0 saturated heterocycles. The molecule has 0 fully saturated rings. The summed E-state index contributed by atoms with van der Waals surface area (Å²) in [4.78, 5) is 11.9. The molecule has 0 amide bonds. The normalized spacial score (nSPS) is 17.9. The maximum atomic E-state index is 11.9. The summed E-state index contributed by atoms with van der Waals surface area (Å²) in [5.74, 6) is 1.32. The van der Waals surface area contributed by atoms with Crippen LogP contribution in [0.3, 0.4) is 0 Å². The molecule has 3 aromatic carbocycles. The molecule has 3 aromatic rings. The first kappa shape index (κ1) is 18.5. The Morgan fingerprint density at radius 1 is 0.929 bits per heavy atom. The van der Waals surface area contributed by atoms with Crippen LogP contribution in [0.25, 0.3) is 11.1 Å². The second kappa shape index (κ2) is 6.64. The third-order valence-electron chi connectivity index (χ3n) is 5.54. The molecule has 0 bridgehead atoms. The molecule has 1 aliphatic rings. The molecule has 4 heteroatoms. The van der Waals surface area contributed by atoms with E-state index in [1.807, 2.05) is 18.2 Å². The van der Waals surface area contributed by atoms with E-state index in [4.69, 9.17) is 9.16 Å². The predicted molar refractivity (Wildman–Crippen MR) is 116 cm³/mol. The molecule has 0 saturated carbocycles. The van der Waals surface area contributed by atoms with Gasteiger partial charge in [-0.3, -0.25) is 4.79 Å². The van der Waals surface area contributed by atoms with Crippen LogP contribution in [0.1, 0.15) is 31.1 Å². The Morgan fingerprint density at radius 2 is 1.61 bits per heavy atom. The van der Waals surface area contributed by atoms with Crippen molar-refractivity contribution in [1.29, 1.82) is 0 Å². The lowest BCUT2D eigenvalue weighted by atomic mass is 10.0. The van der Waals surface area contributed by atoms with Crippen molar-refractivity contribution < 1.29 is 14.0 Å². The first-order valence-corrected chi connectivity index (χ1v) is 11.3. The highest BCUT2D eigenvalue weighted by atomic mass is 28.4. The van der Waals surface area contributed by atoms with Crippen molar-refractivity contribution in [3.8, 4) is 22.6 Å². The Balaban J connectivity index is 2.12.